The summed E-state index contributed by atoms with van der Waals surface area (Å²) in [6.45, 7) is 3.84. The fraction of sp³-hybridized carbons (Fsp3) is 0.188. The fourth-order valence-electron chi connectivity index (χ4n) is 2.56. The van der Waals surface area contributed by atoms with Crippen LogP contribution in [0.4, 0.5) is 4.79 Å². The first kappa shape index (κ1) is 14.8. The molecular weight excluding hydrogens is 296 g/mol. The molecule has 1 aromatic heterocycles. The molecule has 0 unspecified atom stereocenters. The van der Waals surface area contributed by atoms with E-state index in [0.29, 0.717) is 5.56 Å². The lowest BCUT2D eigenvalue weighted by Crippen LogP contribution is -2.44. The summed E-state index contributed by atoms with van der Waals surface area (Å²) >= 11 is 0. The molecule has 7 nitrogen and oxygen atoms in total. The summed E-state index contributed by atoms with van der Waals surface area (Å²) in [7, 11) is 0. The quantitative estimate of drug-likeness (QED) is 0.838. The van der Waals surface area contributed by atoms with Crippen LogP contribution in [0.2, 0.25) is 0 Å². The highest BCUT2D eigenvalue weighted by Gasteiger charge is 2.28. The Labute approximate surface area is 132 Å². The van der Waals surface area contributed by atoms with Crippen LogP contribution in [-0.4, -0.2) is 34.0 Å². The van der Waals surface area contributed by atoms with Crippen LogP contribution in [0.5, 0.6) is 0 Å². The molecule has 2 aromatic rings. The van der Waals surface area contributed by atoms with E-state index in [0.717, 1.165) is 22.1 Å². The third-order valence-corrected chi connectivity index (χ3v) is 3.69. The van der Waals surface area contributed by atoms with Crippen LogP contribution >= 0.6 is 0 Å². The molecule has 4 amide bonds. The number of amides is 4. The fourth-order valence-corrected chi connectivity index (χ4v) is 2.56. The Bertz CT molecular complexity index is 773. The van der Waals surface area contributed by atoms with Crippen molar-refractivity contribution in [3.05, 3.63) is 53.3 Å². The number of aromatic nitrogens is 1. The lowest BCUT2D eigenvalue weighted by atomic mass is 10.2. The van der Waals surface area contributed by atoms with E-state index in [9.17, 15) is 14.4 Å². The SMILES string of the molecule is Cc1ccc(C)n1-c1ccc(C(=O)NN2CC(=O)NC2=O)cc1. The van der Waals surface area contributed by atoms with Crippen molar-refractivity contribution in [1.82, 2.24) is 20.3 Å². The van der Waals surface area contributed by atoms with Gasteiger partial charge in [0, 0.05) is 22.6 Å². The number of hydrazine groups is 1. The Morgan fingerprint density at radius 2 is 1.65 bits per heavy atom. The van der Waals surface area contributed by atoms with Crippen molar-refractivity contribution in [2.24, 2.45) is 0 Å². The molecule has 1 aliphatic heterocycles. The zero-order valence-corrected chi connectivity index (χ0v) is 12.8. The molecule has 23 heavy (non-hydrogen) atoms. The third-order valence-electron chi connectivity index (χ3n) is 3.69. The maximum atomic E-state index is 12.1. The summed E-state index contributed by atoms with van der Waals surface area (Å²) in [5.74, 6) is -0.883. The maximum Gasteiger partial charge on any atom is 0.343 e. The number of imide groups is 1. The summed E-state index contributed by atoms with van der Waals surface area (Å²) in [5.41, 5.74) is 5.97. The van der Waals surface area contributed by atoms with Gasteiger partial charge in [0.25, 0.3) is 5.91 Å². The molecule has 0 radical (unpaired) electrons. The first-order valence-corrected chi connectivity index (χ1v) is 7.13. The number of carbonyl (C=O) groups excluding carboxylic acids is 3. The molecule has 0 spiro atoms. The van der Waals surface area contributed by atoms with Gasteiger partial charge in [-0.25, -0.2) is 9.80 Å². The van der Waals surface area contributed by atoms with Crippen LogP contribution in [-0.2, 0) is 4.79 Å². The summed E-state index contributed by atoms with van der Waals surface area (Å²) in [6.07, 6.45) is 0. The van der Waals surface area contributed by atoms with Gasteiger partial charge in [-0.05, 0) is 50.2 Å². The van der Waals surface area contributed by atoms with Gasteiger partial charge in [0.05, 0.1) is 0 Å². The van der Waals surface area contributed by atoms with Crippen LogP contribution in [0.1, 0.15) is 21.7 Å². The van der Waals surface area contributed by atoms with Crippen molar-refractivity contribution in [3.8, 4) is 5.69 Å². The van der Waals surface area contributed by atoms with Crippen LogP contribution < -0.4 is 10.7 Å². The largest absolute Gasteiger partial charge is 0.343 e. The predicted molar refractivity (Wildman–Crippen MR) is 83.0 cm³/mol. The Morgan fingerprint density at radius 1 is 1.04 bits per heavy atom. The van der Waals surface area contributed by atoms with E-state index < -0.39 is 17.8 Å². The molecule has 0 atom stereocenters. The average molecular weight is 312 g/mol. The van der Waals surface area contributed by atoms with Crippen LogP contribution in [0.25, 0.3) is 5.69 Å². The monoisotopic (exact) mass is 312 g/mol. The Hall–Kier alpha value is -3.09. The van der Waals surface area contributed by atoms with Gasteiger partial charge in [0.1, 0.15) is 6.54 Å². The number of hydrogen-bond acceptors (Lipinski definition) is 3. The second-order valence-electron chi connectivity index (χ2n) is 5.38. The molecule has 1 aromatic carbocycles. The number of hydrogen-bond donors (Lipinski definition) is 2. The highest BCUT2D eigenvalue weighted by Crippen LogP contribution is 2.17. The highest BCUT2D eigenvalue weighted by atomic mass is 16.2. The van der Waals surface area contributed by atoms with Gasteiger partial charge >= 0.3 is 6.03 Å². The van der Waals surface area contributed by atoms with Crippen LogP contribution in [0.15, 0.2) is 36.4 Å². The summed E-state index contributed by atoms with van der Waals surface area (Å²) in [5, 5.41) is 3.05. The molecule has 7 heteroatoms. The third kappa shape index (κ3) is 2.80. The van der Waals surface area contributed by atoms with Crippen molar-refractivity contribution < 1.29 is 14.4 Å². The van der Waals surface area contributed by atoms with E-state index in [-0.39, 0.29) is 6.54 Å². The molecule has 1 fully saturated rings. The highest BCUT2D eigenvalue weighted by molar-refractivity contribution is 6.04. The second kappa shape index (κ2) is 5.60. The van der Waals surface area contributed by atoms with E-state index >= 15 is 0 Å². The second-order valence-corrected chi connectivity index (χ2v) is 5.38. The molecule has 0 saturated carbocycles. The Morgan fingerprint density at radius 3 is 2.17 bits per heavy atom. The zero-order valence-electron chi connectivity index (χ0n) is 12.8. The first-order chi connectivity index (χ1) is 11.0. The average Bonchev–Trinajstić information content (AvgIpc) is 3.01. The minimum atomic E-state index is -0.626. The van der Waals surface area contributed by atoms with Crippen molar-refractivity contribution >= 4 is 17.8 Å². The molecule has 2 heterocycles. The van der Waals surface area contributed by atoms with Gasteiger partial charge in [-0.2, -0.15) is 0 Å². The summed E-state index contributed by atoms with van der Waals surface area (Å²) in [6, 6.07) is 10.5. The smallest absolute Gasteiger partial charge is 0.319 e. The lowest BCUT2D eigenvalue weighted by molar-refractivity contribution is -0.118. The topological polar surface area (TPSA) is 83.4 Å². The van der Waals surface area contributed by atoms with Gasteiger partial charge in [-0.15, -0.1) is 0 Å². The number of carbonyl (C=O) groups is 3. The number of rotatable bonds is 3. The van der Waals surface area contributed by atoms with Gasteiger partial charge in [0.2, 0.25) is 5.91 Å². The van der Waals surface area contributed by atoms with E-state index in [1.54, 1.807) is 12.1 Å². The van der Waals surface area contributed by atoms with Gasteiger partial charge < -0.3 is 4.57 Å². The maximum absolute atomic E-state index is 12.1. The summed E-state index contributed by atoms with van der Waals surface area (Å²) in [4.78, 5) is 34.6. The molecule has 1 aliphatic rings. The van der Waals surface area contributed by atoms with Gasteiger partial charge in [-0.3, -0.25) is 20.3 Å². The molecular formula is C16H16N4O3. The number of nitrogens with one attached hydrogen (secondary N) is 2. The molecule has 3 rings (SSSR count). The normalized spacial score (nSPS) is 14.1. The standard InChI is InChI=1S/C16H16N4O3/c1-10-3-4-11(2)20(10)13-7-5-12(6-8-13)15(22)18-19-9-14(21)17-16(19)23/h3-8H,9H2,1-2H3,(H,18,22)(H,17,21,23). The first-order valence-electron chi connectivity index (χ1n) is 7.13. The van der Waals surface area contributed by atoms with E-state index in [1.807, 2.05) is 38.1 Å². The predicted octanol–water partition coefficient (Wildman–Crippen LogP) is 1.29. The van der Waals surface area contributed by atoms with Crippen molar-refractivity contribution in [1.29, 1.82) is 0 Å². The number of aryl methyl sites for hydroxylation is 2. The van der Waals surface area contributed by atoms with Gasteiger partial charge in [-0.1, -0.05) is 0 Å². The Kier molecular flexibility index (Phi) is 3.61. The van der Waals surface area contributed by atoms with Crippen molar-refractivity contribution in [3.63, 3.8) is 0 Å². The Balaban J connectivity index is 1.76. The summed E-state index contributed by atoms with van der Waals surface area (Å²) < 4.78 is 2.08. The number of nitrogens with zero attached hydrogens (tertiary/aromatic N) is 2. The van der Waals surface area contributed by atoms with Gasteiger partial charge in [0.15, 0.2) is 0 Å². The molecule has 2 N–H and O–H groups in total. The molecule has 0 aliphatic carbocycles. The number of urea groups is 1. The molecule has 1 saturated heterocycles. The minimum Gasteiger partial charge on any atom is -0.319 e. The molecule has 118 valence electrons. The van der Waals surface area contributed by atoms with E-state index in [1.165, 1.54) is 0 Å². The number of benzene rings is 1. The van der Waals surface area contributed by atoms with E-state index in [2.05, 4.69) is 15.3 Å². The van der Waals surface area contributed by atoms with Crippen molar-refractivity contribution in [2.75, 3.05) is 6.54 Å². The lowest BCUT2D eigenvalue weighted by Gasteiger charge is -2.15. The molecule has 0 bridgehead atoms. The van der Waals surface area contributed by atoms with Crippen LogP contribution in [0, 0.1) is 13.8 Å². The minimum absolute atomic E-state index is 0.176. The zero-order chi connectivity index (χ0) is 16.6. The van der Waals surface area contributed by atoms with Crippen LogP contribution in [0.3, 0.4) is 0 Å². The van der Waals surface area contributed by atoms with Crippen molar-refractivity contribution in [2.45, 2.75) is 13.8 Å². The van der Waals surface area contributed by atoms with E-state index in [4.69, 9.17) is 0 Å².